The standard InChI is InChI=1S/C19H16N2O3S/c1-11-3-5-14(12(2)7-11)20-19-21-18(22)17(25-19)9-13-4-6-15-16(8-13)24-10-23-15/h3-9H,10H2,1-2H3,(H,20,21,22). The van der Waals surface area contributed by atoms with Crippen molar-refractivity contribution < 1.29 is 14.3 Å². The Morgan fingerprint density at radius 2 is 1.96 bits per heavy atom. The lowest BCUT2D eigenvalue weighted by Gasteiger charge is -2.02. The lowest BCUT2D eigenvalue weighted by atomic mass is 10.1. The van der Waals surface area contributed by atoms with E-state index in [9.17, 15) is 4.79 Å². The topological polar surface area (TPSA) is 59.9 Å². The molecule has 0 radical (unpaired) electrons. The molecule has 1 N–H and O–H groups in total. The van der Waals surface area contributed by atoms with E-state index < -0.39 is 0 Å². The fourth-order valence-corrected chi connectivity index (χ4v) is 3.51. The van der Waals surface area contributed by atoms with Gasteiger partial charge in [0.15, 0.2) is 16.7 Å². The second kappa shape index (κ2) is 6.29. The van der Waals surface area contributed by atoms with Gasteiger partial charge in [0.05, 0.1) is 10.6 Å². The summed E-state index contributed by atoms with van der Waals surface area (Å²) in [6, 6.07) is 11.7. The Morgan fingerprint density at radius 3 is 2.80 bits per heavy atom. The highest BCUT2D eigenvalue weighted by molar-refractivity contribution is 8.18. The third-order valence-corrected chi connectivity index (χ3v) is 4.83. The molecule has 1 fully saturated rings. The molecule has 2 aliphatic heterocycles. The van der Waals surface area contributed by atoms with E-state index in [0.717, 1.165) is 22.6 Å². The van der Waals surface area contributed by atoms with Crippen LogP contribution in [-0.2, 0) is 4.79 Å². The predicted octanol–water partition coefficient (Wildman–Crippen LogP) is 3.92. The van der Waals surface area contributed by atoms with Crippen LogP contribution in [0.1, 0.15) is 16.7 Å². The molecule has 2 heterocycles. The van der Waals surface area contributed by atoms with Crippen LogP contribution in [0.15, 0.2) is 46.3 Å². The molecule has 0 aliphatic carbocycles. The van der Waals surface area contributed by atoms with Gasteiger partial charge >= 0.3 is 0 Å². The normalized spacial score (nSPS) is 18.9. The molecule has 0 atom stereocenters. The Balaban J connectivity index is 1.58. The first kappa shape index (κ1) is 15.8. The maximum absolute atomic E-state index is 12.2. The molecule has 0 spiro atoms. The molecule has 0 saturated carbocycles. The van der Waals surface area contributed by atoms with Crippen molar-refractivity contribution in [3.8, 4) is 11.5 Å². The fourth-order valence-electron chi connectivity index (χ4n) is 2.68. The van der Waals surface area contributed by atoms with E-state index in [1.54, 1.807) is 0 Å². The van der Waals surface area contributed by atoms with Crippen molar-refractivity contribution in [1.82, 2.24) is 5.32 Å². The second-order valence-electron chi connectivity index (χ2n) is 5.88. The van der Waals surface area contributed by atoms with Gasteiger partial charge in [0.1, 0.15) is 0 Å². The summed E-state index contributed by atoms with van der Waals surface area (Å²) in [5.74, 6) is 1.27. The number of aliphatic imine (C=N–C) groups is 1. The minimum atomic E-state index is -0.147. The van der Waals surface area contributed by atoms with Gasteiger partial charge in [-0.15, -0.1) is 0 Å². The van der Waals surface area contributed by atoms with E-state index in [-0.39, 0.29) is 12.7 Å². The molecule has 2 aromatic rings. The molecule has 5 nitrogen and oxygen atoms in total. The Kier molecular flexibility index (Phi) is 3.97. The molecule has 1 amide bonds. The van der Waals surface area contributed by atoms with Crippen LogP contribution in [0.5, 0.6) is 11.5 Å². The zero-order valence-electron chi connectivity index (χ0n) is 13.8. The molecule has 2 aliphatic rings. The van der Waals surface area contributed by atoms with E-state index in [4.69, 9.17) is 9.47 Å². The summed E-state index contributed by atoms with van der Waals surface area (Å²) in [6.45, 7) is 4.29. The molecule has 6 heteroatoms. The van der Waals surface area contributed by atoms with Gasteiger partial charge < -0.3 is 14.8 Å². The summed E-state index contributed by atoms with van der Waals surface area (Å²) < 4.78 is 10.7. The number of hydrogen-bond acceptors (Lipinski definition) is 5. The number of nitrogens with one attached hydrogen (secondary N) is 1. The highest BCUT2D eigenvalue weighted by Crippen LogP contribution is 2.35. The summed E-state index contributed by atoms with van der Waals surface area (Å²) in [5.41, 5.74) is 4.01. The van der Waals surface area contributed by atoms with Crippen molar-refractivity contribution in [2.75, 3.05) is 6.79 Å². The van der Waals surface area contributed by atoms with Crippen LogP contribution in [-0.4, -0.2) is 17.9 Å². The van der Waals surface area contributed by atoms with Crippen molar-refractivity contribution in [3.63, 3.8) is 0 Å². The number of ether oxygens (including phenoxy) is 2. The maximum atomic E-state index is 12.2. The van der Waals surface area contributed by atoms with Gasteiger partial charge in [0.25, 0.3) is 5.91 Å². The quantitative estimate of drug-likeness (QED) is 0.832. The Labute approximate surface area is 149 Å². The van der Waals surface area contributed by atoms with Crippen LogP contribution in [0.4, 0.5) is 5.69 Å². The number of aryl methyl sites for hydroxylation is 2. The number of amidine groups is 1. The third-order valence-electron chi connectivity index (χ3n) is 3.92. The Bertz CT molecular complexity index is 934. The summed E-state index contributed by atoms with van der Waals surface area (Å²) in [6.07, 6.45) is 1.83. The van der Waals surface area contributed by atoms with Crippen LogP contribution >= 0.6 is 11.8 Å². The highest BCUT2D eigenvalue weighted by Gasteiger charge is 2.24. The first-order chi connectivity index (χ1) is 12.1. The first-order valence-corrected chi connectivity index (χ1v) is 8.67. The Hall–Kier alpha value is -2.73. The number of fused-ring (bicyclic) bond motifs is 1. The monoisotopic (exact) mass is 352 g/mol. The number of benzene rings is 2. The van der Waals surface area contributed by atoms with Gasteiger partial charge in [0.2, 0.25) is 6.79 Å². The van der Waals surface area contributed by atoms with Crippen molar-refractivity contribution in [2.45, 2.75) is 13.8 Å². The summed E-state index contributed by atoms with van der Waals surface area (Å²) >= 11 is 1.33. The molecule has 0 aromatic heterocycles. The largest absolute Gasteiger partial charge is 0.454 e. The SMILES string of the molecule is Cc1ccc(N=C2NC(=O)C(=Cc3ccc4c(c3)OCO4)S2)c(C)c1. The minimum absolute atomic E-state index is 0.147. The number of amides is 1. The summed E-state index contributed by atoms with van der Waals surface area (Å²) in [5, 5.41) is 3.40. The maximum Gasteiger partial charge on any atom is 0.264 e. The lowest BCUT2D eigenvalue weighted by Crippen LogP contribution is -2.19. The van der Waals surface area contributed by atoms with E-state index in [1.165, 1.54) is 17.3 Å². The van der Waals surface area contributed by atoms with E-state index in [1.807, 2.05) is 50.3 Å². The van der Waals surface area contributed by atoms with Crippen molar-refractivity contribution in [3.05, 3.63) is 58.0 Å². The molecule has 126 valence electrons. The predicted molar refractivity (Wildman–Crippen MR) is 99.3 cm³/mol. The Morgan fingerprint density at radius 1 is 1.12 bits per heavy atom. The number of thioether (sulfide) groups is 1. The number of rotatable bonds is 2. The molecule has 0 bridgehead atoms. The lowest BCUT2D eigenvalue weighted by molar-refractivity contribution is -0.115. The van der Waals surface area contributed by atoms with Gasteiger partial charge in [-0.1, -0.05) is 23.8 Å². The molecule has 2 aromatic carbocycles. The molecule has 4 rings (SSSR count). The third kappa shape index (κ3) is 3.25. The number of hydrogen-bond donors (Lipinski definition) is 1. The van der Waals surface area contributed by atoms with Gasteiger partial charge in [-0.05, 0) is 61.0 Å². The smallest absolute Gasteiger partial charge is 0.264 e. The minimum Gasteiger partial charge on any atom is -0.454 e. The molecule has 0 unspecified atom stereocenters. The zero-order chi connectivity index (χ0) is 17.4. The van der Waals surface area contributed by atoms with Crippen molar-refractivity contribution >= 4 is 34.6 Å². The zero-order valence-corrected chi connectivity index (χ0v) is 14.6. The highest BCUT2D eigenvalue weighted by atomic mass is 32.2. The number of carbonyl (C=O) groups is 1. The van der Waals surface area contributed by atoms with E-state index in [2.05, 4.69) is 16.4 Å². The molecule has 1 saturated heterocycles. The summed E-state index contributed by atoms with van der Waals surface area (Å²) in [4.78, 5) is 17.4. The van der Waals surface area contributed by atoms with Gasteiger partial charge in [-0.25, -0.2) is 4.99 Å². The molecular formula is C19H16N2O3S. The van der Waals surface area contributed by atoms with Crippen LogP contribution in [0.2, 0.25) is 0 Å². The van der Waals surface area contributed by atoms with Crippen molar-refractivity contribution in [2.24, 2.45) is 4.99 Å². The number of nitrogens with zero attached hydrogens (tertiary/aromatic N) is 1. The fraction of sp³-hybridized carbons (Fsp3) is 0.158. The average molecular weight is 352 g/mol. The average Bonchev–Trinajstić information content (AvgIpc) is 3.17. The van der Waals surface area contributed by atoms with Crippen LogP contribution in [0.25, 0.3) is 6.08 Å². The van der Waals surface area contributed by atoms with Crippen LogP contribution in [0.3, 0.4) is 0 Å². The second-order valence-corrected chi connectivity index (χ2v) is 6.92. The van der Waals surface area contributed by atoms with Gasteiger partial charge in [0, 0.05) is 0 Å². The van der Waals surface area contributed by atoms with Crippen LogP contribution < -0.4 is 14.8 Å². The number of carbonyl (C=O) groups excluding carboxylic acids is 1. The van der Waals surface area contributed by atoms with E-state index >= 15 is 0 Å². The van der Waals surface area contributed by atoms with Crippen LogP contribution in [0, 0.1) is 13.8 Å². The first-order valence-electron chi connectivity index (χ1n) is 7.85. The molecule has 25 heavy (non-hydrogen) atoms. The summed E-state index contributed by atoms with van der Waals surface area (Å²) in [7, 11) is 0. The molecular weight excluding hydrogens is 336 g/mol. The van der Waals surface area contributed by atoms with Crippen molar-refractivity contribution in [1.29, 1.82) is 0 Å². The van der Waals surface area contributed by atoms with Gasteiger partial charge in [-0.3, -0.25) is 4.79 Å². The van der Waals surface area contributed by atoms with E-state index in [0.29, 0.717) is 15.8 Å². The van der Waals surface area contributed by atoms with Gasteiger partial charge in [-0.2, -0.15) is 0 Å².